The molecule has 0 radical (unpaired) electrons. The molecule has 1 aromatic rings. The average molecular weight is 238 g/mol. The summed E-state index contributed by atoms with van der Waals surface area (Å²) in [6, 6.07) is 3.34. The molecule has 0 bridgehead atoms. The van der Waals surface area contributed by atoms with Crippen molar-refractivity contribution >= 4 is 17.5 Å². The molecule has 0 spiro atoms. The van der Waals surface area contributed by atoms with Crippen LogP contribution in [0.25, 0.3) is 0 Å². The van der Waals surface area contributed by atoms with Crippen LogP contribution in [0, 0.1) is 0 Å². The molecule has 0 saturated heterocycles. The minimum atomic E-state index is -0.190. The maximum absolute atomic E-state index is 11.7. The van der Waals surface area contributed by atoms with Crippen molar-refractivity contribution in [3.05, 3.63) is 35.1 Å². The Bertz CT molecular complexity index is 402. The molecule has 5 heteroatoms. The highest BCUT2D eigenvalue weighted by atomic mass is 35.5. The zero-order chi connectivity index (χ0) is 11.4. The minimum Gasteiger partial charge on any atom is -0.348 e. The van der Waals surface area contributed by atoms with Crippen molar-refractivity contribution < 1.29 is 4.79 Å². The van der Waals surface area contributed by atoms with Gasteiger partial charge in [0.05, 0.1) is 0 Å². The van der Waals surface area contributed by atoms with Crippen LogP contribution in [-0.4, -0.2) is 22.1 Å². The van der Waals surface area contributed by atoms with Crippen molar-refractivity contribution in [2.45, 2.75) is 25.3 Å². The number of allylic oxidation sites excluding steroid dienone is 1. The molecule has 1 aromatic heterocycles. The fraction of sp³-hybridized carbons (Fsp3) is 0.364. The van der Waals surface area contributed by atoms with Crippen LogP contribution >= 0.6 is 11.6 Å². The number of nitrogens with one attached hydrogen (secondary N) is 1. The van der Waals surface area contributed by atoms with E-state index in [4.69, 9.17) is 11.6 Å². The van der Waals surface area contributed by atoms with Crippen LogP contribution in [0.5, 0.6) is 0 Å². The largest absolute Gasteiger partial charge is 0.348 e. The second kappa shape index (κ2) is 5.07. The number of aromatic nitrogens is 2. The van der Waals surface area contributed by atoms with Gasteiger partial charge in [-0.15, -0.1) is 10.2 Å². The van der Waals surface area contributed by atoms with Crippen molar-refractivity contribution in [3.8, 4) is 0 Å². The van der Waals surface area contributed by atoms with Crippen LogP contribution in [0.4, 0.5) is 0 Å². The summed E-state index contributed by atoms with van der Waals surface area (Å²) in [5.74, 6) is -0.190. The fourth-order valence-corrected chi connectivity index (χ4v) is 1.72. The molecule has 1 amide bonds. The number of halogens is 1. The van der Waals surface area contributed by atoms with Crippen LogP contribution in [-0.2, 0) is 0 Å². The summed E-state index contributed by atoms with van der Waals surface area (Å²) in [6.45, 7) is 0. The molecule has 1 unspecified atom stereocenters. The van der Waals surface area contributed by atoms with Crippen LogP contribution in [0.1, 0.15) is 29.8 Å². The molecular weight excluding hydrogens is 226 g/mol. The number of nitrogens with zero attached hydrogens (tertiary/aromatic N) is 2. The Hall–Kier alpha value is -1.42. The summed E-state index contributed by atoms with van der Waals surface area (Å²) < 4.78 is 0. The third-order valence-electron chi connectivity index (χ3n) is 2.47. The van der Waals surface area contributed by atoms with E-state index < -0.39 is 0 Å². The van der Waals surface area contributed by atoms with E-state index in [0.29, 0.717) is 5.69 Å². The lowest BCUT2D eigenvalue weighted by molar-refractivity contribution is 0.0928. The number of rotatable bonds is 2. The van der Waals surface area contributed by atoms with E-state index in [1.165, 1.54) is 0 Å². The van der Waals surface area contributed by atoms with Gasteiger partial charge in [-0.1, -0.05) is 23.8 Å². The highest BCUT2D eigenvalue weighted by Crippen LogP contribution is 2.11. The van der Waals surface area contributed by atoms with Crippen LogP contribution in [0.2, 0.25) is 5.15 Å². The molecule has 4 nitrogen and oxygen atoms in total. The lowest BCUT2D eigenvalue weighted by atomic mass is 10.0. The highest BCUT2D eigenvalue weighted by molar-refractivity contribution is 6.29. The van der Waals surface area contributed by atoms with Gasteiger partial charge in [-0.2, -0.15) is 0 Å². The number of carbonyl (C=O) groups excluding carboxylic acids is 1. The van der Waals surface area contributed by atoms with Crippen molar-refractivity contribution in [3.63, 3.8) is 0 Å². The lowest BCUT2D eigenvalue weighted by Gasteiger charge is -2.18. The third kappa shape index (κ3) is 2.79. The van der Waals surface area contributed by atoms with Crippen LogP contribution in [0.15, 0.2) is 24.3 Å². The Kier molecular flexibility index (Phi) is 3.51. The molecule has 1 aliphatic carbocycles. The highest BCUT2D eigenvalue weighted by Gasteiger charge is 2.15. The summed E-state index contributed by atoms with van der Waals surface area (Å²) in [7, 11) is 0. The van der Waals surface area contributed by atoms with Gasteiger partial charge in [0, 0.05) is 6.04 Å². The monoisotopic (exact) mass is 237 g/mol. The summed E-state index contributed by atoms with van der Waals surface area (Å²) in [6.07, 6.45) is 7.08. The van der Waals surface area contributed by atoms with Gasteiger partial charge < -0.3 is 5.32 Å². The molecule has 1 aliphatic rings. The molecule has 2 rings (SSSR count). The van der Waals surface area contributed by atoms with Crippen LogP contribution < -0.4 is 5.32 Å². The summed E-state index contributed by atoms with van der Waals surface area (Å²) in [5.41, 5.74) is 0.305. The van der Waals surface area contributed by atoms with E-state index in [2.05, 4.69) is 27.7 Å². The smallest absolute Gasteiger partial charge is 0.272 e. The number of hydrogen-bond donors (Lipinski definition) is 1. The maximum atomic E-state index is 11.7. The van der Waals surface area contributed by atoms with E-state index >= 15 is 0 Å². The van der Waals surface area contributed by atoms with Gasteiger partial charge in [0.2, 0.25) is 0 Å². The van der Waals surface area contributed by atoms with E-state index in [-0.39, 0.29) is 17.1 Å². The summed E-state index contributed by atoms with van der Waals surface area (Å²) in [5, 5.41) is 10.6. The zero-order valence-electron chi connectivity index (χ0n) is 8.69. The Morgan fingerprint density at radius 2 is 2.25 bits per heavy atom. The standard InChI is InChI=1S/C11H12ClN3O/c12-10-7-6-9(14-15-10)11(16)13-8-4-2-1-3-5-8/h1-2,6-8H,3-5H2,(H,13,16). The quantitative estimate of drug-likeness (QED) is 0.801. The molecular formula is C11H12ClN3O. The number of carbonyl (C=O) groups is 1. The van der Waals surface area contributed by atoms with Gasteiger partial charge in [0.25, 0.3) is 5.91 Å². The Morgan fingerprint density at radius 1 is 1.38 bits per heavy atom. The molecule has 0 saturated carbocycles. The molecule has 1 heterocycles. The second-order valence-electron chi connectivity index (χ2n) is 3.70. The lowest BCUT2D eigenvalue weighted by Crippen LogP contribution is -2.35. The Balaban J connectivity index is 1.97. The average Bonchev–Trinajstić information content (AvgIpc) is 2.31. The fourth-order valence-electron chi connectivity index (χ4n) is 1.62. The Morgan fingerprint density at radius 3 is 2.88 bits per heavy atom. The van der Waals surface area contributed by atoms with Crippen molar-refractivity contribution in [2.75, 3.05) is 0 Å². The van der Waals surface area contributed by atoms with Crippen molar-refractivity contribution in [2.24, 2.45) is 0 Å². The van der Waals surface area contributed by atoms with Crippen molar-refractivity contribution in [1.29, 1.82) is 0 Å². The predicted molar refractivity (Wildman–Crippen MR) is 61.3 cm³/mol. The SMILES string of the molecule is O=C(NC1CC=CCC1)c1ccc(Cl)nn1. The minimum absolute atomic E-state index is 0.190. The van der Waals surface area contributed by atoms with E-state index in [9.17, 15) is 4.79 Å². The van der Waals surface area contributed by atoms with Crippen LogP contribution in [0.3, 0.4) is 0 Å². The first-order valence-corrected chi connectivity index (χ1v) is 5.58. The molecule has 0 aliphatic heterocycles. The molecule has 1 atom stereocenters. The third-order valence-corrected chi connectivity index (χ3v) is 2.67. The first kappa shape index (κ1) is 11.1. The summed E-state index contributed by atoms with van der Waals surface area (Å²) in [4.78, 5) is 11.7. The maximum Gasteiger partial charge on any atom is 0.272 e. The van der Waals surface area contributed by atoms with Gasteiger partial charge in [0.15, 0.2) is 10.8 Å². The van der Waals surface area contributed by atoms with Gasteiger partial charge in [-0.05, 0) is 31.4 Å². The van der Waals surface area contributed by atoms with Gasteiger partial charge in [-0.25, -0.2) is 0 Å². The molecule has 0 aromatic carbocycles. The molecule has 1 N–H and O–H groups in total. The van der Waals surface area contributed by atoms with Crippen molar-refractivity contribution in [1.82, 2.24) is 15.5 Å². The first-order chi connectivity index (χ1) is 7.75. The van der Waals surface area contributed by atoms with Gasteiger partial charge in [-0.3, -0.25) is 4.79 Å². The number of amides is 1. The molecule has 84 valence electrons. The second-order valence-corrected chi connectivity index (χ2v) is 4.08. The zero-order valence-corrected chi connectivity index (χ0v) is 9.44. The van der Waals surface area contributed by atoms with E-state index in [0.717, 1.165) is 19.3 Å². The topological polar surface area (TPSA) is 54.9 Å². The Labute approximate surface area is 98.7 Å². The van der Waals surface area contributed by atoms with Gasteiger partial charge >= 0.3 is 0 Å². The first-order valence-electron chi connectivity index (χ1n) is 5.21. The van der Waals surface area contributed by atoms with E-state index in [1.807, 2.05) is 0 Å². The number of hydrogen-bond acceptors (Lipinski definition) is 3. The summed E-state index contributed by atoms with van der Waals surface area (Å²) >= 11 is 5.59. The molecule has 16 heavy (non-hydrogen) atoms. The molecule has 0 fully saturated rings. The van der Waals surface area contributed by atoms with Gasteiger partial charge in [0.1, 0.15) is 0 Å². The normalized spacial score (nSPS) is 19.4. The van der Waals surface area contributed by atoms with E-state index in [1.54, 1.807) is 12.1 Å². The predicted octanol–water partition coefficient (Wildman–Crippen LogP) is 1.97.